The number of anilines is 3. The van der Waals surface area contributed by atoms with Gasteiger partial charge in [-0.05, 0) is 62.6 Å². The quantitative estimate of drug-likeness (QED) is 0.417. The first-order chi connectivity index (χ1) is 19.5. The standard InChI is InChI=1S/C27H35F2N9O3/c1-26(2)11-16(8-17-6-5-7-37(17)26)31-23-19(29)12-30-24(33-23)32-20-10-21(38-25(39)36(4)34-35-38)22(9-18(20)28)41-15-27(3)13-40-14-27/h9-10,12,16-17H,5-8,11,13-15H2,1-4H3,(H2,30,31,32,33). The fourth-order valence-electron chi connectivity index (χ4n) is 6.13. The zero-order valence-electron chi connectivity index (χ0n) is 23.7. The molecule has 1 aromatic carbocycles. The summed E-state index contributed by atoms with van der Waals surface area (Å²) in [7, 11) is 1.46. The van der Waals surface area contributed by atoms with Crippen LogP contribution in [0.1, 0.15) is 46.5 Å². The molecule has 0 spiro atoms. The van der Waals surface area contributed by atoms with E-state index in [0.29, 0.717) is 19.3 Å². The Balaban J connectivity index is 1.26. The molecule has 0 amide bonds. The van der Waals surface area contributed by atoms with Gasteiger partial charge in [0.05, 0.1) is 31.7 Å². The van der Waals surface area contributed by atoms with Crippen molar-refractivity contribution in [2.45, 2.75) is 64.1 Å². The monoisotopic (exact) mass is 571 g/mol. The highest BCUT2D eigenvalue weighted by Gasteiger charge is 2.43. The summed E-state index contributed by atoms with van der Waals surface area (Å²) in [6.45, 7) is 8.82. The molecule has 3 aromatic rings. The molecular formula is C27H35F2N9O3. The number of benzene rings is 1. The lowest BCUT2D eigenvalue weighted by molar-refractivity contribution is -0.120. The fourth-order valence-corrected chi connectivity index (χ4v) is 6.13. The van der Waals surface area contributed by atoms with Crippen LogP contribution in [0.15, 0.2) is 23.1 Å². The fraction of sp³-hybridized carbons (Fsp3) is 0.593. The maximum Gasteiger partial charge on any atom is 0.368 e. The van der Waals surface area contributed by atoms with Crippen molar-refractivity contribution in [3.05, 3.63) is 40.4 Å². The molecule has 12 nitrogen and oxygen atoms in total. The lowest BCUT2D eigenvalue weighted by atomic mass is 9.84. The van der Waals surface area contributed by atoms with Crippen LogP contribution < -0.4 is 21.1 Å². The van der Waals surface area contributed by atoms with Gasteiger partial charge in [0.15, 0.2) is 17.5 Å². The summed E-state index contributed by atoms with van der Waals surface area (Å²) >= 11 is 0. The second-order valence-electron chi connectivity index (χ2n) is 12.3. The van der Waals surface area contributed by atoms with Crippen LogP contribution in [0, 0.1) is 17.0 Å². The lowest BCUT2D eigenvalue weighted by Gasteiger charge is -2.47. The highest BCUT2D eigenvalue weighted by molar-refractivity contribution is 5.63. The van der Waals surface area contributed by atoms with Gasteiger partial charge in [-0.3, -0.25) is 4.90 Å². The molecule has 2 aromatic heterocycles. The van der Waals surface area contributed by atoms with Gasteiger partial charge < -0.3 is 20.1 Å². The Morgan fingerprint density at radius 3 is 2.68 bits per heavy atom. The lowest BCUT2D eigenvalue weighted by Crippen LogP contribution is -2.55. The van der Waals surface area contributed by atoms with E-state index in [1.807, 2.05) is 6.92 Å². The van der Waals surface area contributed by atoms with E-state index < -0.39 is 17.3 Å². The third-order valence-electron chi connectivity index (χ3n) is 8.26. The molecule has 6 rings (SSSR count). The highest BCUT2D eigenvalue weighted by Crippen LogP contribution is 2.39. The van der Waals surface area contributed by atoms with Gasteiger partial charge in [0.2, 0.25) is 5.95 Å². The number of nitrogens with zero attached hydrogens (tertiary/aromatic N) is 7. The molecule has 220 valence electrons. The van der Waals surface area contributed by atoms with E-state index in [1.165, 1.54) is 25.6 Å². The highest BCUT2D eigenvalue weighted by atomic mass is 19.1. The zero-order chi connectivity index (χ0) is 28.9. The number of nitrogens with one attached hydrogen (secondary N) is 2. The first kappa shape index (κ1) is 27.5. The number of rotatable bonds is 8. The maximum atomic E-state index is 15.4. The van der Waals surface area contributed by atoms with Crippen molar-refractivity contribution in [2.24, 2.45) is 12.5 Å². The van der Waals surface area contributed by atoms with E-state index in [0.717, 1.165) is 41.4 Å². The molecular weight excluding hydrogens is 536 g/mol. The van der Waals surface area contributed by atoms with Gasteiger partial charge in [0, 0.05) is 36.2 Å². The molecule has 14 heteroatoms. The summed E-state index contributed by atoms with van der Waals surface area (Å²) in [6.07, 6.45) is 5.09. The van der Waals surface area contributed by atoms with Crippen molar-refractivity contribution in [3.8, 4) is 11.4 Å². The number of tetrazole rings is 1. The molecule has 2 atom stereocenters. The first-order valence-corrected chi connectivity index (χ1v) is 13.9. The third kappa shape index (κ3) is 5.37. The predicted molar refractivity (Wildman–Crippen MR) is 147 cm³/mol. The Bertz CT molecular complexity index is 1500. The van der Waals surface area contributed by atoms with Gasteiger partial charge in [-0.15, -0.1) is 0 Å². The van der Waals surface area contributed by atoms with Crippen molar-refractivity contribution >= 4 is 17.5 Å². The molecule has 2 unspecified atom stereocenters. The van der Waals surface area contributed by atoms with Crippen LogP contribution >= 0.6 is 0 Å². The summed E-state index contributed by atoms with van der Waals surface area (Å²) in [6, 6.07) is 3.03. The topological polar surface area (TPSA) is 124 Å². The van der Waals surface area contributed by atoms with Crippen LogP contribution in [-0.2, 0) is 11.8 Å². The van der Waals surface area contributed by atoms with Crippen molar-refractivity contribution in [3.63, 3.8) is 0 Å². The molecule has 3 aliphatic rings. The summed E-state index contributed by atoms with van der Waals surface area (Å²) < 4.78 is 43.5. The Morgan fingerprint density at radius 2 is 1.98 bits per heavy atom. The minimum atomic E-state index is -0.673. The van der Waals surface area contributed by atoms with Crippen LogP contribution in [-0.4, -0.2) is 78.6 Å². The second-order valence-corrected chi connectivity index (χ2v) is 12.3. The van der Waals surface area contributed by atoms with Gasteiger partial charge in [-0.2, -0.15) is 14.3 Å². The summed E-state index contributed by atoms with van der Waals surface area (Å²) in [4.78, 5) is 23.6. The average molecular weight is 572 g/mol. The molecule has 3 fully saturated rings. The van der Waals surface area contributed by atoms with Crippen LogP contribution in [0.3, 0.4) is 0 Å². The van der Waals surface area contributed by atoms with Gasteiger partial charge >= 0.3 is 5.69 Å². The average Bonchev–Trinajstić information content (AvgIpc) is 3.52. The molecule has 3 saturated heterocycles. The Hall–Kier alpha value is -3.65. The number of piperidine rings is 1. The number of hydrogen-bond acceptors (Lipinski definition) is 10. The molecule has 0 aliphatic carbocycles. The van der Waals surface area contributed by atoms with E-state index >= 15 is 4.39 Å². The molecule has 0 bridgehead atoms. The van der Waals surface area contributed by atoms with Crippen LogP contribution in [0.5, 0.6) is 5.75 Å². The second kappa shape index (κ2) is 10.3. The Kier molecular flexibility index (Phi) is 6.92. The minimum absolute atomic E-state index is 0.00407. The van der Waals surface area contributed by atoms with E-state index in [2.05, 4.69) is 49.8 Å². The number of hydrogen-bond donors (Lipinski definition) is 2. The maximum absolute atomic E-state index is 15.4. The zero-order valence-corrected chi connectivity index (χ0v) is 23.7. The normalized spacial score (nSPS) is 23.1. The molecule has 41 heavy (non-hydrogen) atoms. The number of aryl methyl sites for hydroxylation is 1. The van der Waals surface area contributed by atoms with E-state index in [-0.39, 0.29) is 52.5 Å². The van der Waals surface area contributed by atoms with Crippen molar-refractivity contribution in [2.75, 3.05) is 37.0 Å². The van der Waals surface area contributed by atoms with Crippen LogP contribution in [0.25, 0.3) is 5.69 Å². The van der Waals surface area contributed by atoms with Gasteiger partial charge in [0.1, 0.15) is 11.4 Å². The summed E-state index contributed by atoms with van der Waals surface area (Å²) in [5.41, 5.74) is -0.617. The molecule has 5 heterocycles. The van der Waals surface area contributed by atoms with Gasteiger partial charge in [-0.1, -0.05) is 6.92 Å². The van der Waals surface area contributed by atoms with Gasteiger partial charge in [-0.25, -0.2) is 18.6 Å². The molecule has 2 N–H and O–H groups in total. The number of halogens is 2. The number of fused-ring (bicyclic) bond motifs is 1. The predicted octanol–water partition coefficient (Wildman–Crippen LogP) is 3.01. The number of ether oxygens (including phenoxy) is 2. The minimum Gasteiger partial charge on any atom is -0.490 e. The first-order valence-electron chi connectivity index (χ1n) is 13.9. The molecule has 3 aliphatic heterocycles. The van der Waals surface area contributed by atoms with Crippen molar-refractivity contribution < 1.29 is 18.3 Å². The summed E-state index contributed by atoms with van der Waals surface area (Å²) in [5, 5.41) is 13.8. The van der Waals surface area contributed by atoms with E-state index in [4.69, 9.17) is 9.47 Å². The van der Waals surface area contributed by atoms with Crippen LogP contribution in [0.4, 0.5) is 26.2 Å². The Labute approximate surface area is 236 Å². The molecule has 0 saturated carbocycles. The van der Waals surface area contributed by atoms with Crippen molar-refractivity contribution in [1.29, 1.82) is 0 Å². The molecule has 0 radical (unpaired) electrons. The van der Waals surface area contributed by atoms with Crippen molar-refractivity contribution in [1.82, 2.24) is 34.7 Å². The summed E-state index contributed by atoms with van der Waals surface area (Å²) in [5.74, 6) is -1.10. The van der Waals surface area contributed by atoms with Crippen LogP contribution in [0.2, 0.25) is 0 Å². The van der Waals surface area contributed by atoms with Gasteiger partial charge in [0.25, 0.3) is 0 Å². The SMILES string of the molecule is Cn1nnn(-c2cc(Nc3ncc(F)c(NC4CC5CCCN5C(C)(C)C4)n3)c(F)cc2OCC2(C)COC2)c1=O. The smallest absolute Gasteiger partial charge is 0.368 e. The van der Waals surface area contributed by atoms with E-state index in [1.54, 1.807) is 0 Å². The van der Waals surface area contributed by atoms with E-state index in [9.17, 15) is 9.18 Å². The number of aromatic nitrogens is 6. The largest absolute Gasteiger partial charge is 0.490 e. The third-order valence-corrected chi connectivity index (χ3v) is 8.26. The Morgan fingerprint density at radius 1 is 1.17 bits per heavy atom.